The average molecular weight is 236 g/mol. The Balaban J connectivity index is 0. The Morgan fingerprint density at radius 2 is 1.58 bits per heavy atom. The molecule has 0 bridgehead atoms. The fraction of sp³-hybridized carbons (Fsp3) is 0. The maximum absolute atomic E-state index is 9.26. The SMILES string of the molecule is NC(=S)[N+](=O)[O-].O=S(O)S(=O)O. The fourth-order valence-electron chi connectivity index (χ4n) is 0. The molecule has 0 radical (unpaired) electrons. The molecule has 11 heteroatoms. The summed E-state index contributed by atoms with van der Waals surface area (Å²) in [5, 5.41) is 8.55. The van der Waals surface area contributed by atoms with Gasteiger partial charge < -0.3 is 10.1 Å². The molecule has 0 heterocycles. The minimum absolute atomic E-state index is 0.685. The molecular weight excluding hydrogens is 232 g/mol. The smallest absolute Gasteiger partial charge is 0.357 e. The van der Waals surface area contributed by atoms with Crippen molar-refractivity contribution in [1.29, 1.82) is 0 Å². The Hall–Kier alpha value is -0.490. The minimum Gasteiger partial charge on any atom is -0.357 e. The van der Waals surface area contributed by atoms with E-state index in [1.54, 1.807) is 0 Å². The molecule has 0 aromatic carbocycles. The average Bonchev–Trinajstić information content (AvgIpc) is 1.88. The van der Waals surface area contributed by atoms with E-state index in [1.165, 1.54) is 0 Å². The van der Waals surface area contributed by atoms with Crippen LogP contribution in [0.3, 0.4) is 0 Å². The van der Waals surface area contributed by atoms with Crippen molar-refractivity contribution in [2.75, 3.05) is 0 Å². The second-order valence-electron chi connectivity index (χ2n) is 1.03. The summed E-state index contributed by atoms with van der Waals surface area (Å²) < 4.78 is 33.6. The third-order valence-electron chi connectivity index (χ3n) is 0.302. The van der Waals surface area contributed by atoms with Gasteiger partial charge in [-0.25, -0.2) is 8.42 Å². The van der Waals surface area contributed by atoms with Gasteiger partial charge in [-0.2, -0.15) is 0 Å². The van der Waals surface area contributed by atoms with Gasteiger partial charge in [-0.05, 0) is 4.92 Å². The summed E-state index contributed by atoms with van der Waals surface area (Å²) in [6, 6.07) is 0. The molecule has 72 valence electrons. The van der Waals surface area contributed by atoms with Crippen LogP contribution >= 0.6 is 12.2 Å². The molecule has 0 saturated heterocycles. The van der Waals surface area contributed by atoms with Gasteiger partial charge in [-0.1, -0.05) is 0 Å². The first-order valence-corrected chi connectivity index (χ1v) is 5.09. The minimum atomic E-state index is -2.59. The number of hydrogen-bond donors (Lipinski definition) is 3. The van der Waals surface area contributed by atoms with Crippen molar-refractivity contribution in [1.82, 2.24) is 0 Å². The number of nitro groups is 1. The first-order valence-electron chi connectivity index (χ1n) is 1.95. The third kappa shape index (κ3) is 12.2. The summed E-state index contributed by atoms with van der Waals surface area (Å²) >= 11 is 3.90. The quantitative estimate of drug-likeness (QED) is 0.170. The van der Waals surface area contributed by atoms with E-state index in [0.29, 0.717) is 0 Å². The highest BCUT2D eigenvalue weighted by molar-refractivity contribution is 8.56. The summed E-state index contributed by atoms with van der Waals surface area (Å²) in [6.45, 7) is 0. The second-order valence-corrected chi connectivity index (χ2v) is 4.03. The van der Waals surface area contributed by atoms with Gasteiger partial charge in [0.05, 0.1) is 0 Å². The van der Waals surface area contributed by atoms with Crippen molar-refractivity contribution in [3.63, 3.8) is 0 Å². The van der Waals surface area contributed by atoms with Crippen LogP contribution in [0.4, 0.5) is 0 Å². The van der Waals surface area contributed by atoms with E-state index in [-0.39, 0.29) is 0 Å². The Kier molecular flexibility index (Phi) is 8.41. The summed E-state index contributed by atoms with van der Waals surface area (Å²) in [5.74, 6) is 0. The van der Waals surface area contributed by atoms with Crippen molar-refractivity contribution in [3.8, 4) is 0 Å². The summed E-state index contributed by atoms with van der Waals surface area (Å²) in [4.78, 5) is 8.41. The molecule has 0 aliphatic rings. The first kappa shape index (κ1) is 14.1. The normalized spacial score (nSPS) is 13.5. The van der Waals surface area contributed by atoms with Gasteiger partial charge in [0.1, 0.15) is 0 Å². The monoisotopic (exact) mass is 236 g/mol. The lowest BCUT2D eigenvalue weighted by Crippen LogP contribution is -2.18. The molecule has 12 heavy (non-hydrogen) atoms. The van der Waals surface area contributed by atoms with Gasteiger partial charge in [-0.15, -0.1) is 0 Å². The van der Waals surface area contributed by atoms with Crippen LogP contribution in [0.15, 0.2) is 0 Å². The van der Waals surface area contributed by atoms with Crippen molar-refractivity contribution in [3.05, 3.63) is 10.1 Å². The lowest BCUT2D eigenvalue weighted by Gasteiger charge is -1.82. The number of nitrogens with zero attached hydrogens (tertiary/aromatic N) is 1. The van der Waals surface area contributed by atoms with Crippen LogP contribution in [0, 0.1) is 10.1 Å². The van der Waals surface area contributed by atoms with Gasteiger partial charge in [-0.3, -0.25) is 14.8 Å². The van der Waals surface area contributed by atoms with Crippen LogP contribution in [0.1, 0.15) is 0 Å². The molecule has 0 aliphatic heterocycles. The van der Waals surface area contributed by atoms with Gasteiger partial charge in [0.15, 0.2) is 0 Å². The Labute approximate surface area is 76.3 Å². The maximum Gasteiger partial charge on any atom is 0.382 e. The molecule has 0 spiro atoms. The van der Waals surface area contributed by atoms with Crippen LogP contribution in [0.2, 0.25) is 0 Å². The van der Waals surface area contributed by atoms with Gasteiger partial charge >= 0.3 is 5.11 Å². The zero-order chi connectivity index (χ0) is 10.3. The van der Waals surface area contributed by atoms with E-state index in [2.05, 4.69) is 18.0 Å². The van der Waals surface area contributed by atoms with Crippen molar-refractivity contribution in [2.45, 2.75) is 0 Å². The predicted molar refractivity (Wildman–Crippen MR) is 45.3 cm³/mol. The molecule has 2 unspecified atom stereocenters. The van der Waals surface area contributed by atoms with Crippen molar-refractivity contribution < 1.29 is 22.4 Å². The number of hydrogen-bond acceptors (Lipinski definition) is 5. The highest BCUT2D eigenvalue weighted by atomic mass is 33.2. The standard InChI is InChI=1S/CH2N2O2S.H2O4S2/c2-1(6)3(4)5;1-5(2)6(3)4/h(H2,2,6);(H,1,2)(H,3,4). The molecule has 0 aromatic rings. The molecule has 0 rings (SSSR count). The molecular formula is CH4N2O6S3. The Bertz CT molecular complexity index is 177. The number of nitrogens with two attached hydrogens (primary N) is 1. The molecule has 0 saturated carbocycles. The molecule has 8 nitrogen and oxygen atoms in total. The maximum atomic E-state index is 9.26. The van der Waals surface area contributed by atoms with E-state index >= 15 is 0 Å². The fourth-order valence-corrected chi connectivity index (χ4v) is 0. The van der Waals surface area contributed by atoms with Crippen LogP contribution in [0.25, 0.3) is 0 Å². The molecule has 2 atom stereocenters. The number of rotatable bonds is 1. The predicted octanol–water partition coefficient (Wildman–Crippen LogP) is -1.15. The zero-order valence-corrected chi connectivity index (χ0v) is 7.73. The van der Waals surface area contributed by atoms with Gasteiger partial charge in [0.25, 0.3) is 20.2 Å². The van der Waals surface area contributed by atoms with E-state index in [0.717, 1.165) is 0 Å². The summed E-state index contributed by atoms with van der Waals surface area (Å²) in [5.41, 5.74) is 4.47. The van der Waals surface area contributed by atoms with Crippen LogP contribution < -0.4 is 5.73 Å². The van der Waals surface area contributed by atoms with E-state index in [4.69, 9.17) is 9.11 Å². The lowest BCUT2D eigenvalue weighted by molar-refractivity contribution is -0.347. The van der Waals surface area contributed by atoms with Crippen LogP contribution in [-0.4, -0.2) is 27.6 Å². The Morgan fingerprint density at radius 3 is 1.58 bits per heavy atom. The highest BCUT2D eigenvalue weighted by Crippen LogP contribution is 1.74. The lowest BCUT2D eigenvalue weighted by atomic mass is 11.2. The summed E-state index contributed by atoms with van der Waals surface area (Å²) in [7, 11) is -5.18. The van der Waals surface area contributed by atoms with Crippen LogP contribution in [-0.2, 0) is 20.2 Å². The molecule has 0 aliphatic carbocycles. The van der Waals surface area contributed by atoms with E-state index < -0.39 is 30.3 Å². The topological polar surface area (TPSA) is 144 Å². The molecule has 0 aromatic heterocycles. The van der Waals surface area contributed by atoms with E-state index in [9.17, 15) is 18.5 Å². The Morgan fingerprint density at radius 1 is 1.42 bits per heavy atom. The molecule has 4 N–H and O–H groups in total. The largest absolute Gasteiger partial charge is 0.382 e. The summed E-state index contributed by atoms with van der Waals surface area (Å²) in [6.07, 6.45) is 0. The molecule has 0 amide bonds. The number of thiocarbonyl (C=S) groups is 1. The zero-order valence-electron chi connectivity index (χ0n) is 5.28. The van der Waals surface area contributed by atoms with Gasteiger partial charge in [0, 0.05) is 12.2 Å². The first-order chi connectivity index (χ1) is 5.29. The van der Waals surface area contributed by atoms with Crippen molar-refractivity contribution >= 4 is 37.6 Å². The molecule has 0 fully saturated rings. The second kappa shape index (κ2) is 7.17. The van der Waals surface area contributed by atoms with Crippen LogP contribution in [0.5, 0.6) is 0 Å². The highest BCUT2D eigenvalue weighted by Gasteiger charge is 1.95. The van der Waals surface area contributed by atoms with E-state index in [1.807, 2.05) is 0 Å². The third-order valence-corrected chi connectivity index (χ3v) is 1.43. The van der Waals surface area contributed by atoms with Gasteiger partial charge in [0.2, 0.25) is 0 Å². The van der Waals surface area contributed by atoms with Crippen molar-refractivity contribution in [2.24, 2.45) is 5.73 Å².